The van der Waals surface area contributed by atoms with E-state index in [0.717, 1.165) is 19.4 Å². The first-order valence-electron chi connectivity index (χ1n) is 3.86. The summed E-state index contributed by atoms with van der Waals surface area (Å²) in [5.41, 5.74) is 0.636. The van der Waals surface area contributed by atoms with Crippen LogP contribution in [0.2, 0.25) is 0 Å². The molecule has 1 aromatic heterocycles. The van der Waals surface area contributed by atoms with E-state index < -0.39 is 0 Å². The van der Waals surface area contributed by atoms with Gasteiger partial charge in [0, 0.05) is 12.7 Å². The zero-order valence-electron chi connectivity index (χ0n) is 7.40. The highest BCUT2D eigenvalue weighted by molar-refractivity contribution is 5.71. The average molecular weight is 167 g/mol. The number of hydrogen-bond donors (Lipinski definition) is 0. The maximum Gasteiger partial charge on any atom is 0.168 e. The smallest absolute Gasteiger partial charge is 0.168 e. The summed E-state index contributed by atoms with van der Waals surface area (Å²) in [5, 5.41) is 4.02. The molecule has 4 heteroatoms. The second-order valence-corrected chi connectivity index (χ2v) is 2.90. The molecule has 0 radical (unpaired) electrons. The van der Waals surface area contributed by atoms with Crippen molar-refractivity contribution in [1.29, 1.82) is 0 Å². The fourth-order valence-electron chi connectivity index (χ4n) is 0.925. The van der Waals surface area contributed by atoms with Crippen molar-refractivity contribution in [3.05, 3.63) is 18.0 Å². The molecule has 0 saturated heterocycles. The molecule has 0 atom stereocenters. The number of aromatic nitrogens is 2. The number of hydrogen-bond acceptors (Lipinski definition) is 3. The predicted octanol–water partition coefficient (Wildman–Crippen LogP) is 0.257. The molecule has 0 aliphatic heterocycles. The standard InChI is InChI=1S/C8H13N3O/c1-10(2)5-6-11-8(7-12)3-4-9-11/h3-4,7H,5-6H2,1-2H3. The third-order valence-corrected chi connectivity index (χ3v) is 1.63. The van der Waals surface area contributed by atoms with Crippen molar-refractivity contribution in [3.63, 3.8) is 0 Å². The minimum atomic E-state index is 0.636. The van der Waals surface area contributed by atoms with E-state index >= 15 is 0 Å². The van der Waals surface area contributed by atoms with Crippen LogP contribution in [0.1, 0.15) is 10.5 Å². The molecule has 0 aliphatic carbocycles. The highest BCUT2D eigenvalue weighted by Crippen LogP contribution is 1.94. The molecule has 1 heterocycles. The lowest BCUT2D eigenvalue weighted by molar-refractivity contribution is 0.111. The number of likely N-dealkylation sites (N-methyl/N-ethyl adjacent to an activating group) is 1. The Bertz CT molecular complexity index is 255. The molecule has 66 valence electrons. The molecule has 12 heavy (non-hydrogen) atoms. The molecule has 0 aliphatic rings. The minimum Gasteiger partial charge on any atom is -0.308 e. The van der Waals surface area contributed by atoms with Crippen LogP contribution in [0.15, 0.2) is 12.3 Å². The van der Waals surface area contributed by atoms with Gasteiger partial charge in [0.15, 0.2) is 6.29 Å². The molecule has 0 bridgehead atoms. The molecule has 1 rings (SSSR count). The maximum absolute atomic E-state index is 10.5. The first-order chi connectivity index (χ1) is 5.74. The number of nitrogens with zero attached hydrogens (tertiary/aromatic N) is 3. The Morgan fingerprint density at radius 2 is 2.42 bits per heavy atom. The van der Waals surface area contributed by atoms with E-state index in [1.165, 1.54) is 0 Å². The van der Waals surface area contributed by atoms with E-state index in [2.05, 4.69) is 10.00 Å². The third-order valence-electron chi connectivity index (χ3n) is 1.63. The van der Waals surface area contributed by atoms with Crippen LogP contribution in [0.4, 0.5) is 0 Å². The van der Waals surface area contributed by atoms with E-state index in [1.54, 1.807) is 16.9 Å². The average Bonchev–Trinajstić information content (AvgIpc) is 2.47. The molecule has 0 N–H and O–H groups in total. The predicted molar refractivity (Wildman–Crippen MR) is 46.2 cm³/mol. The van der Waals surface area contributed by atoms with Crippen LogP contribution >= 0.6 is 0 Å². The van der Waals surface area contributed by atoms with Gasteiger partial charge in [-0.15, -0.1) is 0 Å². The Balaban J connectivity index is 2.56. The molecule has 0 spiro atoms. The van der Waals surface area contributed by atoms with Gasteiger partial charge in [-0.05, 0) is 20.2 Å². The Morgan fingerprint density at radius 3 is 3.00 bits per heavy atom. The molecule has 0 saturated carbocycles. The van der Waals surface area contributed by atoms with Gasteiger partial charge in [-0.3, -0.25) is 9.48 Å². The van der Waals surface area contributed by atoms with Crippen molar-refractivity contribution in [2.24, 2.45) is 0 Å². The lowest BCUT2D eigenvalue weighted by Crippen LogP contribution is -2.19. The summed E-state index contributed by atoms with van der Waals surface area (Å²) in [5.74, 6) is 0. The molecule has 0 fully saturated rings. The Hall–Kier alpha value is -1.16. The van der Waals surface area contributed by atoms with E-state index in [1.807, 2.05) is 14.1 Å². The van der Waals surface area contributed by atoms with Crippen LogP contribution < -0.4 is 0 Å². The number of carbonyl (C=O) groups is 1. The van der Waals surface area contributed by atoms with Gasteiger partial charge in [0.2, 0.25) is 0 Å². The monoisotopic (exact) mass is 167 g/mol. The molecular weight excluding hydrogens is 154 g/mol. The number of rotatable bonds is 4. The molecule has 0 amide bonds. The summed E-state index contributed by atoms with van der Waals surface area (Å²) in [6, 6.07) is 1.71. The van der Waals surface area contributed by atoms with Gasteiger partial charge >= 0.3 is 0 Å². The second kappa shape index (κ2) is 4.01. The minimum absolute atomic E-state index is 0.636. The van der Waals surface area contributed by atoms with Crippen molar-refractivity contribution >= 4 is 6.29 Å². The van der Waals surface area contributed by atoms with Crippen molar-refractivity contribution in [3.8, 4) is 0 Å². The van der Waals surface area contributed by atoms with Crippen molar-refractivity contribution in [2.45, 2.75) is 6.54 Å². The van der Waals surface area contributed by atoms with E-state index in [-0.39, 0.29) is 0 Å². The van der Waals surface area contributed by atoms with Gasteiger partial charge in [0.05, 0.1) is 6.54 Å². The van der Waals surface area contributed by atoms with Crippen LogP contribution in [0.3, 0.4) is 0 Å². The fourth-order valence-corrected chi connectivity index (χ4v) is 0.925. The number of carbonyl (C=O) groups excluding carboxylic acids is 1. The normalized spacial score (nSPS) is 10.6. The zero-order valence-corrected chi connectivity index (χ0v) is 7.40. The fraction of sp³-hybridized carbons (Fsp3) is 0.500. The zero-order chi connectivity index (χ0) is 8.97. The van der Waals surface area contributed by atoms with Crippen molar-refractivity contribution in [2.75, 3.05) is 20.6 Å². The first-order valence-corrected chi connectivity index (χ1v) is 3.86. The molecule has 0 unspecified atom stereocenters. The van der Waals surface area contributed by atoms with Crippen LogP contribution in [-0.4, -0.2) is 41.6 Å². The Labute approximate surface area is 71.8 Å². The summed E-state index contributed by atoms with van der Waals surface area (Å²) >= 11 is 0. The van der Waals surface area contributed by atoms with Crippen LogP contribution in [0.5, 0.6) is 0 Å². The summed E-state index contributed by atoms with van der Waals surface area (Å²) < 4.78 is 1.70. The van der Waals surface area contributed by atoms with E-state index in [4.69, 9.17) is 0 Å². The quantitative estimate of drug-likeness (QED) is 0.604. The lowest BCUT2D eigenvalue weighted by atomic mass is 10.4. The van der Waals surface area contributed by atoms with E-state index in [9.17, 15) is 4.79 Å². The third kappa shape index (κ3) is 2.17. The van der Waals surface area contributed by atoms with Crippen molar-refractivity contribution < 1.29 is 4.79 Å². The Morgan fingerprint density at radius 1 is 1.67 bits per heavy atom. The maximum atomic E-state index is 10.5. The molecular formula is C8H13N3O. The summed E-state index contributed by atoms with van der Waals surface area (Å²) in [7, 11) is 3.98. The topological polar surface area (TPSA) is 38.1 Å². The summed E-state index contributed by atoms with van der Waals surface area (Å²) in [4.78, 5) is 12.5. The highest BCUT2D eigenvalue weighted by Gasteiger charge is 1.99. The van der Waals surface area contributed by atoms with Crippen LogP contribution in [0.25, 0.3) is 0 Å². The van der Waals surface area contributed by atoms with Gasteiger partial charge < -0.3 is 4.90 Å². The molecule has 0 aromatic carbocycles. The van der Waals surface area contributed by atoms with Crippen LogP contribution in [-0.2, 0) is 6.54 Å². The molecule has 1 aromatic rings. The highest BCUT2D eigenvalue weighted by atomic mass is 16.1. The van der Waals surface area contributed by atoms with Crippen molar-refractivity contribution in [1.82, 2.24) is 14.7 Å². The molecule has 4 nitrogen and oxygen atoms in total. The first kappa shape index (κ1) is 8.93. The van der Waals surface area contributed by atoms with Gasteiger partial charge in [-0.1, -0.05) is 0 Å². The van der Waals surface area contributed by atoms with E-state index in [0.29, 0.717) is 5.69 Å². The van der Waals surface area contributed by atoms with Gasteiger partial charge in [0.25, 0.3) is 0 Å². The lowest BCUT2D eigenvalue weighted by Gasteiger charge is -2.09. The van der Waals surface area contributed by atoms with Gasteiger partial charge in [-0.25, -0.2) is 0 Å². The Kier molecular flexibility index (Phi) is 2.99. The summed E-state index contributed by atoms with van der Waals surface area (Å²) in [6.45, 7) is 1.65. The SMILES string of the molecule is CN(C)CCn1nccc1C=O. The second-order valence-electron chi connectivity index (χ2n) is 2.90. The van der Waals surface area contributed by atoms with Crippen LogP contribution in [0, 0.1) is 0 Å². The summed E-state index contributed by atoms with van der Waals surface area (Å²) in [6.07, 6.45) is 2.46. The largest absolute Gasteiger partial charge is 0.308 e. The van der Waals surface area contributed by atoms with Gasteiger partial charge in [0.1, 0.15) is 5.69 Å². The van der Waals surface area contributed by atoms with Gasteiger partial charge in [-0.2, -0.15) is 5.10 Å². The number of aldehydes is 1.